The van der Waals surface area contributed by atoms with Crippen molar-refractivity contribution in [1.82, 2.24) is 9.62 Å². The molecular formula is C23H22ClFN2O4S. The third-order valence-electron chi connectivity index (χ3n) is 4.82. The summed E-state index contributed by atoms with van der Waals surface area (Å²) in [5, 5.41) is 3.21. The van der Waals surface area contributed by atoms with Crippen molar-refractivity contribution < 1.29 is 22.3 Å². The van der Waals surface area contributed by atoms with Gasteiger partial charge in [0.1, 0.15) is 11.6 Å². The first-order valence-corrected chi connectivity index (χ1v) is 11.4. The van der Waals surface area contributed by atoms with E-state index in [2.05, 4.69) is 5.32 Å². The second kappa shape index (κ2) is 10.1. The average molecular weight is 477 g/mol. The van der Waals surface area contributed by atoms with Crippen LogP contribution in [0, 0.1) is 5.82 Å². The molecule has 1 N–H and O–H groups in total. The van der Waals surface area contributed by atoms with Crippen LogP contribution in [0.5, 0.6) is 5.75 Å². The van der Waals surface area contributed by atoms with Gasteiger partial charge in [-0.3, -0.25) is 4.79 Å². The van der Waals surface area contributed by atoms with Crippen LogP contribution in [0.1, 0.15) is 21.5 Å². The van der Waals surface area contributed by atoms with Crippen molar-refractivity contribution in [2.45, 2.75) is 18.0 Å². The number of methoxy groups -OCH3 is 1. The predicted molar refractivity (Wildman–Crippen MR) is 121 cm³/mol. The zero-order valence-electron chi connectivity index (χ0n) is 17.5. The van der Waals surface area contributed by atoms with Gasteiger partial charge in [0.2, 0.25) is 10.0 Å². The molecule has 3 rings (SSSR count). The number of hydrogen-bond donors (Lipinski definition) is 1. The molecule has 3 aromatic rings. The Labute approximate surface area is 191 Å². The van der Waals surface area contributed by atoms with E-state index in [1.807, 2.05) is 0 Å². The first-order chi connectivity index (χ1) is 15.2. The summed E-state index contributed by atoms with van der Waals surface area (Å²) in [5.41, 5.74) is 1.63. The van der Waals surface area contributed by atoms with E-state index in [0.717, 1.165) is 5.56 Å². The molecule has 0 aliphatic carbocycles. The molecule has 0 saturated heterocycles. The Morgan fingerprint density at radius 3 is 2.34 bits per heavy atom. The van der Waals surface area contributed by atoms with Gasteiger partial charge in [-0.05, 0) is 60.2 Å². The van der Waals surface area contributed by atoms with Gasteiger partial charge in [-0.25, -0.2) is 12.8 Å². The highest BCUT2D eigenvalue weighted by molar-refractivity contribution is 7.89. The van der Waals surface area contributed by atoms with E-state index < -0.39 is 10.0 Å². The van der Waals surface area contributed by atoms with E-state index in [1.54, 1.807) is 30.3 Å². The monoisotopic (exact) mass is 476 g/mol. The van der Waals surface area contributed by atoms with Crippen LogP contribution in [0.2, 0.25) is 5.02 Å². The fourth-order valence-corrected chi connectivity index (χ4v) is 4.32. The molecule has 0 fully saturated rings. The topological polar surface area (TPSA) is 75.7 Å². The molecular weight excluding hydrogens is 455 g/mol. The zero-order chi connectivity index (χ0) is 23.3. The highest BCUT2D eigenvalue weighted by Gasteiger charge is 2.22. The zero-order valence-corrected chi connectivity index (χ0v) is 19.1. The molecule has 0 aliphatic heterocycles. The van der Waals surface area contributed by atoms with Gasteiger partial charge >= 0.3 is 0 Å². The first kappa shape index (κ1) is 23.7. The van der Waals surface area contributed by atoms with Crippen molar-refractivity contribution in [2.75, 3.05) is 14.2 Å². The molecule has 32 heavy (non-hydrogen) atoms. The van der Waals surface area contributed by atoms with Crippen molar-refractivity contribution in [3.05, 3.63) is 94.3 Å². The molecule has 0 bridgehead atoms. The highest BCUT2D eigenvalue weighted by Crippen LogP contribution is 2.25. The summed E-state index contributed by atoms with van der Waals surface area (Å²) >= 11 is 5.85. The standard InChI is InChI=1S/C23H22ClFN2O4S/c1-27(32(29,30)21-10-6-19(24)7-11-21)15-18-13-17(5-12-22(18)31-2)23(28)26-14-16-3-8-20(25)9-4-16/h3-13H,14-15H2,1-2H3,(H,26,28). The molecule has 0 radical (unpaired) electrons. The predicted octanol–water partition coefficient (Wildman–Crippen LogP) is 4.24. The lowest BCUT2D eigenvalue weighted by Gasteiger charge is -2.19. The molecule has 1 amide bonds. The van der Waals surface area contributed by atoms with E-state index in [0.29, 0.717) is 21.9 Å². The van der Waals surface area contributed by atoms with Crippen molar-refractivity contribution in [2.24, 2.45) is 0 Å². The fraction of sp³-hybridized carbons (Fsp3) is 0.174. The number of hydrogen-bond acceptors (Lipinski definition) is 4. The maximum atomic E-state index is 13.0. The van der Waals surface area contributed by atoms with Crippen molar-refractivity contribution >= 4 is 27.5 Å². The molecule has 3 aromatic carbocycles. The lowest BCUT2D eigenvalue weighted by atomic mass is 10.1. The number of amides is 1. The first-order valence-electron chi connectivity index (χ1n) is 9.62. The smallest absolute Gasteiger partial charge is 0.251 e. The molecule has 168 valence electrons. The van der Waals surface area contributed by atoms with Crippen LogP contribution < -0.4 is 10.1 Å². The number of carbonyl (C=O) groups is 1. The molecule has 9 heteroatoms. The molecule has 6 nitrogen and oxygen atoms in total. The number of nitrogens with one attached hydrogen (secondary N) is 1. The number of benzene rings is 3. The van der Waals surface area contributed by atoms with Crippen LogP contribution in [-0.4, -0.2) is 32.8 Å². The summed E-state index contributed by atoms with van der Waals surface area (Å²) in [7, 11) is -0.852. The van der Waals surface area contributed by atoms with Crippen LogP contribution in [0.4, 0.5) is 4.39 Å². The van der Waals surface area contributed by atoms with Gasteiger partial charge in [0, 0.05) is 36.3 Å². The summed E-state index contributed by atoms with van der Waals surface area (Å²) in [5.74, 6) is -0.239. The van der Waals surface area contributed by atoms with Gasteiger partial charge in [0.15, 0.2) is 0 Å². The number of ether oxygens (including phenoxy) is 1. The number of carbonyl (C=O) groups excluding carboxylic acids is 1. The number of sulfonamides is 1. The van der Waals surface area contributed by atoms with Gasteiger partial charge in [0.25, 0.3) is 5.91 Å². The molecule has 0 atom stereocenters. The minimum Gasteiger partial charge on any atom is -0.496 e. The molecule has 0 saturated carbocycles. The van der Waals surface area contributed by atoms with Crippen LogP contribution in [0.15, 0.2) is 71.6 Å². The van der Waals surface area contributed by atoms with Gasteiger partial charge in [0.05, 0.1) is 12.0 Å². The summed E-state index contributed by atoms with van der Waals surface area (Å²) in [6, 6.07) is 16.5. The van der Waals surface area contributed by atoms with Crippen molar-refractivity contribution in [3.63, 3.8) is 0 Å². The number of halogens is 2. The quantitative estimate of drug-likeness (QED) is 0.527. The lowest BCUT2D eigenvalue weighted by molar-refractivity contribution is 0.0950. The normalized spacial score (nSPS) is 11.4. The van der Waals surface area contributed by atoms with E-state index in [9.17, 15) is 17.6 Å². The van der Waals surface area contributed by atoms with Crippen LogP contribution in [-0.2, 0) is 23.1 Å². The van der Waals surface area contributed by atoms with Gasteiger partial charge < -0.3 is 10.1 Å². The third-order valence-corrected chi connectivity index (χ3v) is 6.89. The second-order valence-electron chi connectivity index (χ2n) is 7.05. The summed E-state index contributed by atoms with van der Waals surface area (Å²) < 4.78 is 45.3. The van der Waals surface area contributed by atoms with E-state index >= 15 is 0 Å². The number of rotatable bonds is 8. The fourth-order valence-electron chi connectivity index (χ4n) is 3.04. The van der Waals surface area contributed by atoms with Gasteiger partial charge in [-0.2, -0.15) is 4.31 Å². The highest BCUT2D eigenvalue weighted by atomic mass is 35.5. The van der Waals surface area contributed by atoms with Crippen LogP contribution >= 0.6 is 11.6 Å². The van der Waals surface area contributed by atoms with Crippen LogP contribution in [0.3, 0.4) is 0 Å². The maximum Gasteiger partial charge on any atom is 0.251 e. The maximum absolute atomic E-state index is 13.0. The molecule has 0 aliphatic rings. The minimum absolute atomic E-state index is 0.00673. The SMILES string of the molecule is COc1ccc(C(=O)NCc2ccc(F)cc2)cc1CN(C)S(=O)(=O)c1ccc(Cl)cc1. The Morgan fingerprint density at radius 1 is 1.06 bits per heavy atom. The van der Waals surface area contributed by atoms with E-state index in [-0.39, 0.29) is 29.7 Å². The minimum atomic E-state index is -3.77. The molecule has 0 aromatic heterocycles. The Kier molecular flexibility index (Phi) is 7.50. The third kappa shape index (κ3) is 5.64. The second-order valence-corrected chi connectivity index (χ2v) is 9.53. The Bertz CT molecular complexity index is 1200. The van der Waals surface area contributed by atoms with Gasteiger partial charge in [-0.15, -0.1) is 0 Å². The summed E-state index contributed by atoms with van der Waals surface area (Å²) in [6.07, 6.45) is 0. The average Bonchev–Trinajstić information content (AvgIpc) is 2.78. The Balaban J connectivity index is 1.77. The van der Waals surface area contributed by atoms with Crippen LogP contribution in [0.25, 0.3) is 0 Å². The van der Waals surface area contributed by atoms with Crippen molar-refractivity contribution in [3.8, 4) is 5.75 Å². The van der Waals surface area contributed by atoms with E-state index in [1.165, 1.54) is 54.9 Å². The largest absolute Gasteiger partial charge is 0.496 e. The lowest BCUT2D eigenvalue weighted by Crippen LogP contribution is -2.27. The molecule has 0 heterocycles. The van der Waals surface area contributed by atoms with Crippen molar-refractivity contribution in [1.29, 1.82) is 0 Å². The Hall–Kier alpha value is -2.94. The summed E-state index contributed by atoms with van der Waals surface area (Å²) in [6.45, 7) is 0.221. The van der Waals surface area contributed by atoms with Gasteiger partial charge in [-0.1, -0.05) is 23.7 Å². The molecule has 0 spiro atoms. The Morgan fingerprint density at radius 2 is 1.72 bits per heavy atom. The van der Waals surface area contributed by atoms with E-state index in [4.69, 9.17) is 16.3 Å². The molecule has 0 unspecified atom stereocenters. The number of nitrogens with zero attached hydrogens (tertiary/aromatic N) is 1. The summed E-state index contributed by atoms with van der Waals surface area (Å²) in [4.78, 5) is 12.7.